The monoisotopic (exact) mass is 364 g/mol. The van der Waals surface area contributed by atoms with Crippen molar-refractivity contribution < 1.29 is 9.90 Å². The number of carboxylic acids is 1. The lowest BCUT2D eigenvalue weighted by Gasteiger charge is -2.40. The molecule has 2 aromatic rings. The van der Waals surface area contributed by atoms with Crippen molar-refractivity contribution in [1.82, 2.24) is 9.88 Å². The highest BCUT2D eigenvalue weighted by molar-refractivity contribution is 6.42. The fourth-order valence-corrected chi connectivity index (χ4v) is 3.77. The Bertz CT molecular complexity index is 724. The van der Waals surface area contributed by atoms with Crippen molar-refractivity contribution in [3.05, 3.63) is 63.9 Å². The summed E-state index contributed by atoms with van der Waals surface area (Å²) in [5, 5.41) is 10.6. The molecule has 0 aliphatic carbocycles. The van der Waals surface area contributed by atoms with Crippen molar-refractivity contribution in [2.75, 3.05) is 6.54 Å². The van der Waals surface area contributed by atoms with Gasteiger partial charge in [-0.05, 0) is 48.7 Å². The molecule has 1 N–H and O–H groups in total. The molecule has 2 heterocycles. The van der Waals surface area contributed by atoms with Crippen LogP contribution in [0.1, 0.15) is 36.4 Å². The van der Waals surface area contributed by atoms with Crippen molar-refractivity contribution in [3.63, 3.8) is 0 Å². The van der Waals surface area contributed by atoms with Gasteiger partial charge in [-0.3, -0.25) is 14.7 Å². The van der Waals surface area contributed by atoms with E-state index in [-0.39, 0.29) is 6.04 Å². The first kappa shape index (κ1) is 17.2. The van der Waals surface area contributed by atoms with Crippen LogP contribution in [0.5, 0.6) is 0 Å². The third-order valence-corrected chi connectivity index (χ3v) is 5.29. The number of carbonyl (C=O) groups is 1. The van der Waals surface area contributed by atoms with E-state index in [1.54, 1.807) is 18.5 Å². The number of piperidine rings is 1. The third kappa shape index (κ3) is 3.41. The van der Waals surface area contributed by atoms with Crippen molar-refractivity contribution in [3.8, 4) is 0 Å². The first-order chi connectivity index (χ1) is 11.6. The summed E-state index contributed by atoms with van der Waals surface area (Å²) in [4.78, 5) is 17.9. The summed E-state index contributed by atoms with van der Waals surface area (Å²) in [6.45, 7) is 0.701. The molecule has 2 atom stereocenters. The van der Waals surface area contributed by atoms with Gasteiger partial charge in [0.25, 0.3) is 0 Å². The van der Waals surface area contributed by atoms with E-state index in [4.69, 9.17) is 23.2 Å². The van der Waals surface area contributed by atoms with Crippen molar-refractivity contribution in [2.24, 2.45) is 0 Å². The van der Waals surface area contributed by atoms with Gasteiger partial charge in [0.2, 0.25) is 0 Å². The molecular formula is C18H18Cl2N2O2. The molecule has 0 amide bonds. The van der Waals surface area contributed by atoms with E-state index in [1.165, 1.54) is 0 Å². The number of hydrogen-bond acceptors (Lipinski definition) is 3. The highest BCUT2D eigenvalue weighted by atomic mass is 35.5. The van der Waals surface area contributed by atoms with Crippen LogP contribution in [0.25, 0.3) is 0 Å². The van der Waals surface area contributed by atoms with Crippen LogP contribution in [0.15, 0.2) is 42.7 Å². The third-order valence-electron chi connectivity index (χ3n) is 4.46. The average molecular weight is 365 g/mol. The number of rotatable bonds is 4. The van der Waals surface area contributed by atoms with Crippen molar-refractivity contribution >= 4 is 29.2 Å². The van der Waals surface area contributed by atoms with E-state index in [0.29, 0.717) is 23.0 Å². The molecule has 24 heavy (non-hydrogen) atoms. The fourth-order valence-electron chi connectivity index (χ4n) is 3.36. The molecule has 2 unspecified atom stereocenters. The minimum atomic E-state index is -0.799. The molecule has 4 nitrogen and oxygen atoms in total. The molecule has 126 valence electrons. The quantitative estimate of drug-likeness (QED) is 0.872. The highest BCUT2D eigenvalue weighted by Crippen LogP contribution is 2.39. The molecular weight excluding hydrogens is 347 g/mol. The molecule has 1 saturated heterocycles. The fraction of sp³-hybridized carbons (Fsp3) is 0.333. The number of nitrogens with zero attached hydrogens (tertiary/aromatic N) is 2. The van der Waals surface area contributed by atoms with Crippen LogP contribution in [0.3, 0.4) is 0 Å². The Kier molecular flexibility index (Phi) is 5.39. The van der Waals surface area contributed by atoms with Gasteiger partial charge < -0.3 is 5.11 Å². The highest BCUT2D eigenvalue weighted by Gasteiger charge is 2.36. The second kappa shape index (κ2) is 7.51. The standard InChI is InChI=1S/C18H18Cl2N2O2/c19-14-5-3-4-13(16(14)20)17(12-7-9-21-10-8-12)22-11-2-1-6-15(22)18(23)24/h3-5,7-10,15,17H,1-2,6,11H2,(H,23,24). The van der Waals surface area contributed by atoms with Crippen LogP contribution in [-0.2, 0) is 4.79 Å². The molecule has 1 aromatic heterocycles. The Labute approximate surface area is 151 Å². The molecule has 0 spiro atoms. The van der Waals surface area contributed by atoms with Gasteiger partial charge in [0.05, 0.1) is 16.1 Å². The molecule has 3 rings (SSSR count). The largest absolute Gasteiger partial charge is 0.480 e. The topological polar surface area (TPSA) is 53.4 Å². The predicted molar refractivity (Wildman–Crippen MR) is 94.5 cm³/mol. The average Bonchev–Trinajstić information content (AvgIpc) is 2.60. The van der Waals surface area contributed by atoms with Crippen LogP contribution < -0.4 is 0 Å². The Morgan fingerprint density at radius 1 is 1.21 bits per heavy atom. The summed E-state index contributed by atoms with van der Waals surface area (Å²) in [5.74, 6) is -0.799. The molecule has 1 fully saturated rings. The number of pyridine rings is 1. The number of aromatic nitrogens is 1. The number of likely N-dealkylation sites (tertiary alicyclic amines) is 1. The molecule has 0 bridgehead atoms. The zero-order chi connectivity index (χ0) is 17.1. The summed E-state index contributed by atoms with van der Waals surface area (Å²) < 4.78 is 0. The zero-order valence-corrected chi connectivity index (χ0v) is 14.5. The molecule has 6 heteroatoms. The number of aliphatic carboxylic acids is 1. The van der Waals surface area contributed by atoms with E-state index >= 15 is 0 Å². The molecule has 0 saturated carbocycles. The van der Waals surface area contributed by atoms with Gasteiger partial charge in [-0.15, -0.1) is 0 Å². The number of halogens is 2. The van der Waals surface area contributed by atoms with Crippen LogP contribution in [-0.4, -0.2) is 33.5 Å². The molecule has 1 aliphatic heterocycles. The number of hydrogen-bond donors (Lipinski definition) is 1. The first-order valence-electron chi connectivity index (χ1n) is 7.92. The van der Waals surface area contributed by atoms with Gasteiger partial charge in [-0.1, -0.05) is 41.8 Å². The van der Waals surface area contributed by atoms with Gasteiger partial charge in [0.1, 0.15) is 6.04 Å². The smallest absolute Gasteiger partial charge is 0.320 e. The maximum atomic E-state index is 11.8. The van der Waals surface area contributed by atoms with Gasteiger partial charge in [0.15, 0.2) is 0 Å². The Morgan fingerprint density at radius 3 is 2.67 bits per heavy atom. The minimum absolute atomic E-state index is 0.263. The Balaban J connectivity index is 2.12. The summed E-state index contributed by atoms with van der Waals surface area (Å²) in [7, 11) is 0. The lowest BCUT2D eigenvalue weighted by Crippen LogP contribution is -2.46. The second-order valence-electron chi connectivity index (χ2n) is 5.91. The van der Waals surface area contributed by atoms with Crippen LogP contribution in [0, 0.1) is 0 Å². The molecule has 1 aliphatic rings. The first-order valence-corrected chi connectivity index (χ1v) is 8.67. The lowest BCUT2D eigenvalue weighted by molar-refractivity contribution is -0.145. The maximum Gasteiger partial charge on any atom is 0.320 e. The zero-order valence-electron chi connectivity index (χ0n) is 13.0. The van der Waals surface area contributed by atoms with E-state index in [0.717, 1.165) is 24.0 Å². The Morgan fingerprint density at radius 2 is 1.96 bits per heavy atom. The van der Waals surface area contributed by atoms with Gasteiger partial charge >= 0.3 is 5.97 Å². The molecule has 0 radical (unpaired) electrons. The van der Waals surface area contributed by atoms with Gasteiger partial charge in [-0.2, -0.15) is 0 Å². The summed E-state index contributed by atoms with van der Waals surface area (Å²) in [6.07, 6.45) is 5.93. The van der Waals surface area contributed by atoms with Crippen LogP contribution in [0.4, 0.5) is 0 Å². The normalized spacial score (nSPS) is 19.8. The van der Waals surface area contributed by atoms with E-state index < -0.39 is 12.0 Å². The number of carboxylic acid groups (broad SMARTS) is 1. The van der Waals surface area contributed by atoms with E-state index in [2.05, 4.69) is 4.98 Å². The molecule has 1 aromatic carbocycles. The van der Waals surface area contributed by atoms with Gasteiger partial charge in [-0.25, -0.2) is 0 Å². The number of benzene rings is 1. The summed E-state index contributed by atoms with van der Waals surface area (Å²) in [5.41, 5.74) is 1.78. The van der Waals surface area contributed by atoms with E-state index in [9.17, 15) is 9.90 Å². The predicted octanol–water partition coefficient (Wildman–Crippen LogP) is 4.42. The lowest BCUT2D eigenvalue weighted by atomic mass is 9.92. The minimum Gasteiger partial charge on any atom is -0.480 e. The summed E-state index contributed by atoms with van der Waals surface area (Å²) >= 11 is 12.7. The Hall–Kier alpha value is -1.62. The van der Waals surface area contributed by atoms with Crippen molar-refractivity contribution in [2.45, 2.75) is 31.3 Å². The maximum absolute atomic E-state index is 11.8. The van der Waals surface area contributed by atoms with Crippen LogP contribution >= 0.6 is 23.2 Å². The second-order valence-corrected chi connectivity index (χ2v) is 6.70. The van der Waals surface area contributed by atoms with Gasteiger partial charge in [0, 0.05) is 12.4 Å². The van der Waals surface area contributed by atoms with Crippen LogP contribution in [0.2, 0.25) is 10.0 Å². The summed E-state index contributed by atoms with van der Waals surface area (Å²) in [6, 6.07) is 8.49. The SMILES string of the molecule is O=C(O)C1CCCCN1C(c1ccncc1)c1cccc(Cl)c1Cl. The van der Waals surface area contributed by atoms with Crippen molar-refractivity contribution in [1.29, 1.82) is 0 Å². The van der Waals surface area contributed by atoms with E-state index in [1.807, 2.05) is 29.2 Å².